The Morgan fingerprint density at radius 2 is 1.85 bits per heavy atom. The fourth-order valence-corrected chi connectivity index (χ4v) is 5.78. The van der Waals surface area contributed by atoms with E-state index in [0.717, 1.165) is 29.2 Å². The number of halogens is 2. The molecule has 0 radical (unpaired) electrons. The van der Waals surface area contributed by atoms with Gasteiger partial charge in [-0.25, -0.2) is 28.5 Å². The number of benzene rings is 2. The van der Waals surface area contributed by atoms with E-state index >= 15 is 0 Å². The van der Waals surface area contributed by atoms with Crippen molar-refractivity contribution in [3.8, 4) is 22.9 Å². The minimum atomic E-state index is -2.89. The second-order valence-corrected chi connectivity index (χ2v) is 13.0. The van der Waals surface area contributed by atoms with Gasteiger partial charge in [-0.05, 0) is 75.2 Å². The molecular formula is C35H37F2N5O4. The molecule has 2 fully saturated rings. The number of anilines is 1. The molecule has 1 saturated carbocycles. The van der Waals surface area contributed by atoms with Crippen molar-refractivity contribution in [2.45, 2.75) is 70.9 Å². The van der Waals surface area contributed by atoms with E-state index in [1.165, 1.54) is 0 Å². The second kappa shape index (κ2) is 12.3. The van der Waals surface area contributed by atoms with Crippen LogP contribution in [0, 0.1) is 12.8 Å². The Bertz CT molecular complexity index is 1790. The predicted molar refractivity (Wildman–Crippen MR) is 170 cm³/mol. The molecule has 11 heteroatoms. The van der Waals surface area contributed by atoms with Crippen molar-refractivity contribution in [1.29, 1.82) is 0 Å². The molecule has 2 aliphatic rings. The third kappa shape index (κ3) is 6.93. The molecule has 3 heterocycles. The predicted octanol–water partition coefficient (Wildman–Crippen LogP) is 7.37. The van der Waals surface area contributed by atoms with Crippen molar-refractivity contribution < 1.29 is 27.8 Å². The molecule has 4 aromatic rings. The highest BCUT2D eigenvalue weighted by atomic mass is 19.3. The standard InChI is InChI=1S/C35H37F2N5O4/c1-21-12-13-24-22(18-29(43)27-19-35(27,36)37)8-5-10-25(24)30(21)45-31-26(11-6-15-38-31)28-14-16-39-32(41-28)40-23-9-7-17-42(20-23)33(44)46-34(2,3)4/h5-6,8,10-16,23,27H,7,9,17-20H2,1-4H3,(H,39,40,41)/t23-,27+/m0/s1. The van der Waals surface area contributed by atoms with Crippen LogP contribution in [0.4, 0.5) is 19.5 Å². The lowest BCUT2D eigenvalue weighted by Gasteiger charge is -2.34. The molecule has 1 N–H and O–H groups in total. The fraction of sp³-hybridized carbons (Fsp3) is 0.400. The monoisotopic (exact) mass is 629 g/mol. The van der Waals surface area contributed by atoms with Gasteiger partial charge in [0.25, 0.3) is 5.92 Å². The van der Waals surface area contributed by atoms with Crippen LogP contribution in [0.3, 0.4) is 0 Å². The summed E-state index contributed by atoms with van der Waals surface area (Å²) in [5.74, 6) is -3.24. The summed E-state index contributed by atoms with van der Waals surface area (Å²) in [7, 11) is 0. The summed E-state index contributed by atoms with van der Waals surface area (Å²) in [5.41, 5.74) is 2.19. The lowest BCUT2D eigenvalue weighted by Crippen LogP contribution is -2.47. The van der Waals surface area contributed by atoms with Crippen LogP contribution in [0.1, 0.15) is 51.2 Å². The lowest BCUT2D eigenvalue weighted by atomic mass is 9.97. The molecule has 2 atom stereocenters. The van der Waals surface area contributed by atoms with Crippen molar-refractivity contribution in [3.05, 3.63) is 72.1 Å². The average molecular weight is 630 g/mol. The molecule has 6 rings (SSSR count). The number of ketones is 1. The number of aromatic nitrogens is 3. The minimum absolute atomic E-state index is 0.0494. The average Bonchev–Trinajstić information content (AvgIpc) is 3.66. The summed E-state index contributed by atoms with van der Waals surface area (Å²) in [6.45, 7) is 8.57. The number of alkyl halides is 2. The van der Waals surface area contributed by atoms with E-state index in [4.69, 9.17) is 14.5 Å². The molecule has 2 aromatic carbocycles. The van der Waals surface area contributed by atoms with Crippen LogP contribution in [0.2, 0.25) is 0 Å². The summed E-state index contributed by atoms with van der Waals surface area (Å²) in [6.07, 6.45) is 4.19. The molecule has 0 bridgehead atoms. The molecule has 9 nitrogen and oxygen atoms in total. The number of ether oxygens (including phenoxy) is 2. The summed E-state index contributed by atoms with van der Waals surface area (Å²) < 4.78 is 39.1. The first-order valence-electron chi connectivity index (χ1n) is 15.5. The molecule has 0 unspecified atom stereocenters. The maximum absolute atomic E-state index is 13.6. The van der Waals surface area contributed by atoms with Crippen LogP contribution in [0.25, 0.3) is 22.0 Å². The SMILES string of the molecule is Cc1ccc2c(CC(=O)[C@H]3CC3(F)F)cccc2c1Oc1ncccc1-c1ccnc(N[C@H]2CCCN(C(=O)OC(C)(C)C)C2)n1. The van der Waals surface area contributed by atoms with Crippen LogP contribution in [-0.2, 0) is 16.0 Å². The third-order valence-corrected chi connectivity index (χ3v) is 8.19. The zero-order chi connectivity index (χ0) is 32.6. The lowest BCUT2D eigenvalue weighted by molar-refractivity contribution is -0.121. The van der Waals surface area contributed by atoms with Crippen LogP contribution in [-0.4, -0.2) is 62.4 Å². The number of fused-ring (bicyclic) bond motifs is 1. The Labute approximate surface area is 266 Å². The number of carbonyl (C=O) groups is 2. The van der Waals surface area contributed by atoms with Gasteiger partial charge in [-0.2, -0.15) is 0 Å². The number of hydrogen-bond donors (Lipinski definition) is 1. The molecule has 46 heavy (non-hydrogen) atoms. The smallest absolute Gasteiger partial charge is 0.410 e. The molecule has 0 spiro atoms. The summed E-state index contributed by atoms with van der Waals surface area (Å²) in [4.78, 5) is 40.6. The minimum Gasteiger partial charge on any atom is -0.444 e. The van der Waals surface area contributed by atoms with Gasteiger partial charge in [-0.3, -0.25) is 4.79 Å². The summed E-state index contributed by atoms with van der Waals surface area (Å²) in [6, 6.07) is 14.6. The molecular weight excluding hydrogens is 592 g/mol. The first-order valence-corrected chi connectivity index (χ1v) is 15.5. The number of hydrogen-bond acceptors (Lipinski definition) is 8. The van der Waals surface area contributed by atoms with Gasteiger partial charge >= 0.3 is 6.09 Å². The highest BCUT2D eigenvalue weighted by Gasteiger charge is 2.60. The highest BCUT2D eigenvalue weighted by Crippen LogP contribution is 2.49. The second-order valence-electron chi connectivity index (χ2n) is 13.0. The maximum atomic E-state index is 13.6. The van der Waals surface area contributed by atoms with Gasteiger partial charge in [0.2, 0.25) is 11.8 Å². The van der Waals surface area contributed by atoms with Gasteiger partial charge in [0.05, 0.1) is 17.2 Å². The Morgan fingerprint density at radius 3 is 2.61 bits per heavy atom. The number of piperidine rings is 1. The van der Waals surface area contributed by atoms with E-state index in [2.05, 4.69) is 15.3 Å². The van der Waals surface area contributed by atoms with Gasteiger partial charge in [-0.1, -0.05) is 30.3 Å². The van der Waals surface area contributed by atoms with Crippen molar-refractivity contribution in [1.82, 2.24) is 19.9 Å². The maximum Gasteiger partial charge on any atom is 0.410 e. The molecule has 1 aliphatic carbocycles. The van der Waals surface area contributed by atoms with Gasteiger partial charge in [0.1, 0.15) is 17.1 Å². The van der Waals surface area contributed by atoms with E-state index < -0.39 is 23.2 Å². The normalized spacial score (nSPS) is 19.0. The zero-order valence-corrected chi connectivity index (χ0v) is 26.3. The Morgan fingerprint density at radius 1 is 1.04 bits per heavy atom. The van der Waals surface area contributed by atoms with Crippen molar-refractivity contribution >= 4 is 28.6 Å². The van der Waals surface area contributed by atoms with Crippen molar-refractivity contribution in [3.63, 3.8) is 0 Å². The van der Waals surface area contributed by atoms with Crippen LogP contribution < -0.4 is 10.1 Å². The molecule has 1 aliphatic heterocycles. The molecule has 2 aromatic heterocycles. The molecule has 240 valence electrons. The number of carbonyl (C=O) groups excluding carboxylic acids is 2. The van der Waals surface area contributed by atoms with E-state index in [-0.39, 0.29) is 25.0 Å². The van der Waals surface area contributed by atoms with Crippen LogP contribution in [0.5, 0.6) is 11.6 Å². The van der Waals surface area contributed by atoms with Crippen molar-refractivity contribution in [2.75, 3.05) is 18.4 Å². The number of nitrogens with zero attached hydrogens (tertiary/aromatic N) is 4. The van der Waals surface area contributed by atoms with E-state index in [1.807, 2.05) is 52.0 Å². The quantitative estimate of drug-likeness (QED) is 0.215. The van der Waals surface area contributed by atoms with E-state index in [0.29, 0.717) is 47.5 Å². The number of pyridine rings is 1. The highest BCUT2D eigenvalue weighted by molar-refractivity contribution is 5.96. The summed E-state index contributed by atoms with van der Waals surface area (Å²) >= 11 is 0. The van der Waals surface area contributed by atoms with Crippen LogP contribution >= 0.6 is 0 Å². The number of amides is 1. The molecule has 1 saturated heterocycles. The van der Waals surface area contributed by atoms with Gasteiger partial charge in [0, 0.05) is 49.8 Å². The topological polar surface area (TPSA) is 107 Å². The van der Waals surface area contributed by atoms with Gasteiger partial charge < -0.3 is 19.7 Å². The van der Waals surface area contributed by atoms with Crippen LogP contribution in [0.15, 0.2) is 60.9 Å². The zero-order valence-electron chi connectivity index (χ0n) is 26.3. The molecule has 1 amide bonds. The van der Waals surface area contributed by atoms with Gasteiger partial charge in [-0.15, -0.1) is 0 Å². The number of nitrogens with one attached hydrogen (secondary N) is 1. The first-order chi connectivity index (χ1) is 21.9. The Kier molecular flexibility index (Phi) is 8.35. The number of rotatable bonds is 8. The first kappa shape index (κ1) is 31.3. The Balaban J connectivity index is 1.23. The van der Waals surface area contributed by atoms with Gasteiger partial charge in [0.15, 0.2) is 0 Å². The van der Waals surface area contributed by atoms with E-state index in [1.54, 1.807) is 41.6 Å². The largest absolute Gasteiger partial charge is 0.444 e. The van der Waals surface area contributed by atoms with Crippen molar-refractivity contribution in [2.24, 2.45) is 5.92 Å². The fourth-order valence-electron chi connectivity index (χ4n) is 5.78. The van der Waals surface area contributed by atoms with E-state index in [9.17, 15) is 18.4 Å². The Hall–Kier alpha value is -4.67. The number of likely N-dealkylation sites (tertiary alicyclic amines) is 1. The summed E-state index contributed by atoms with van der Waals surface area (Å²) in [5, 5.41) is 4.89. The third-order valence-electron chi connectivity index (χ3n) is 8.19. The number of aryl methyl sites for hydroxylation is 1. The number of Topliss-reactive ketones (excluding diaryl/α,β-unsaturated/α-hetero) is 1.